The highest BCUT2D eigenvalue weighted by Gasteiger charge is 2.12. The third-order valence-electron chi connectivity index (χ3n) is 2.56. The average molecular weight is 282 g/mol. The maximum absolute atomic E-state index is 11.9. The Morgan fingerprint density at radius 2 is 2.00 bits per heavy atom. The van der Waals surface area contributed by atoms with Crippen LogP contribution in [0.4, 0.5) is 0 Å². The summed E-state index contributed by atoms with van der Waals surface area (Å²) in [5.41, 5.74) is 9.22. The number of sulfonamides is 1. The summed E-state index contributed by atoms with van der Waals surface area (Å²) in [6.07, 6.45) is 2.46. The molecule has 1 aromatic carbocycles. The molecule has 0 aromatic heterocycles. The van der Waals surface area contributed by atoms with E-state index in [0.29, 0.717) is 6.42 Å². The number of nitrogens with zero attached hydrogens (tertiary/aromatic N) is 3. The minimum atomic E-state index is -3.46. The Hall–Kier alpha value is -1.56. The van der Waals surface area contributed by atoms with E-state index in [9.17, 15) is 8.42 Å². The zero-order valence-corrected chi connectivity index (χ0v) is 11.7. The van der Waals surface area contributed by atoms with Gasteiger partial charge in [0.2, 0.25) is 10.0 Å². The van der Waals surface area contributed by atoms with E-state index in [-0.39, 0.29) is 18.0 Å². The van der Waals surface area contributed by atoms with Gasteiger partial charge in [-0.1, -0.05) is 30.6 Å². The van der Waals surface area contributed by atoms with Crippen molar-refractivity contribution in [3.8, 4) is 0 Å². The molecule has 0 heterocycles. The number of rotatable bonds is 8. The number of azide groups is 1. The van der Waals surface area contributed by atoms with Crippen LogP contribution in [0.15, 0.2) is 34.3 Å². The van der Waals surface area contributed by atoms with Crippen LogP contribution in [0, 0.1) is 0 Å². The molecule has 0 saturated carbocycles. The Kier molecular flexibility index (Phi) is 6.35. The highest BCUT2D eigenvalue weighted by Crippen LogP contribution is 2.11. The van der Waals surface area contributed by atoms with Crippen LogP contribution in [0.3, 0.4) is 0 Å². The predicted octanol–water partition coefficient (Wildman–Crippen LogP) is 2.62. The van der Waals surface area contributed by atoms with Gasteiger partial charge in [0.1, 0.15) is 0 Å². The van der Waals surface area contributed by atoms with E-state index in [4.69, 9.17) is 5.53 Å². The molecule has 0 atom stereocenters. The highest BCUT2D eigenvalue weighted by atomic mass is 32.2. The minimum Gasteiger partial charge on any atom is -0.211 e. The predicted molar refractivity (Wildman–Crippen MR) is 74.3 cm³/mol. The second-order valence-electron chi connectivity index (χ2n) is 4.10. The molecule has 0 bridgehead atoms. The lowest BCUT2D eigenvalue weighted by Crippen LogP contribution is -2.25. The quantitative estimate of drug-likeness (QED) is 0.343. The standard InChI is InChI=1S/C12H18N4O2S/c1-2-4-11-5-7-12(8-6-11)19(17,18)15-10-3-9-14-16-13/h5-8,15H,2-4,9-10H2,1H3. The van der Waals surface area contributed by atoms with Crippen molar-refractivity contribution in [2.45, 2.75) is 31.1 Å². The summed E-state index contributed by atoms with van der Waals surface area (Å²) in [7, 11) is -3.46. The van der Waals surface area contributed by atoms with Crippen molar-refractivity contribution in [1.82, 2.24) is 4.72 Å². The molecule has 0 aliphatic heterocycles. The molecule has 0 aliphatic rings. The second kappa shape index (κ2) is 7.78. The van der Waals surface area contributed by atoms with Crippen LogP contribution in [0.25, 0.3) is 10.4 Å². The molecular weight excluding hydrogens is 264 g/mol. The zero-order chi connectivity index (χ0) is 14.1. The van der Waals surface area contributed by atoms with Gasteiger partial charge in [-0.05, 0) is 36.1 Å². The van der Waals surface area contributed by atoms with Crippen molar-refractivity contribution in [1.29, 1.82) is 0 Å². The van der Waals surface area contributed by atoms with Crippen molar-refractivity contribution < 1.29 is 8.42 Å². The molecule has 0 amide bonds. The first-order valence-corrected chi connectivity index (χ1v) is 7.68. The smallest absolute Gasteiger partial charge is 0.211 e. The van der Waals surface area contributed by atoms with Crippen LogP contribution in [0.1, 0.15) is 25.3 Å². The lowest BCUT2D eigenvalue weighted by atomic mass is 10.1. The summed E-state index contributed by atoms with van der Waals surface area (Å²) in [6.45, 7) is 2.63. The Labute approximate surface area is 113 Å². The summed E-state index contributed by atoms with van der Waals surface area (Å²) in [5.74, 6) is 0. The largest absolute Gasteiger partial charge is 0.240 e. The summed E-state index contributed by atoms with van der Waals surface area (Å²) < 4.78 is 26.3. The lowest BCUT2D eigenvalue weighted by molar-refractivity contribution is 0.579. The van der Waals surface area contributed by atoms with E-state index in [1.165, 1.54) is 0 Å². The molecule has 1 rings (SSSR count). The SMILES string of the molecule is CCCc1ccc(S(=O)(=O)NCCCN=[N+]=[N-])cc1. The van der Waals surface area contributed by atoms with Crippen molar-refractivity contribution in [3.63, 3.8) is 0 Å². The second-order valence-corrected chi connectivity index (χ2v) is 5.87. The van der Waals surface area contributed by atoms with E-state index in [2.05, 4.69) is 21.7 Å². The van der Waals surface area contributed by atoms with Gasteiger partial charge in [-0.25, -0.2) is 13.1 Å². The van der Waals surface area contributed by atoms with Crippen LogP contribution in [-0.4, -0.2) is 21.5 Å². The minimum absolute atomic E-state index is 0.260. The van der Waals surface area contributed by atoms with Crippen LogP contribution in [0.5, 0.6) is 0 Å². The van der Waals surface area contributed by atoms with Crippen molar-refractivity contribution in [2.24, 2.45) is 5.11 Å². The molecule has 19 heavy (non-hydrogen) atoms. The van der Waals surface area contributed by atoms with Crippen LogP contribution >= 0.6 is 0 Å². The fourth-order valence-electron chi connectivity index (χ4n) is 1.61. The van der Waals surface area contributed by atoms with Crippen LogP contribution in [-0.2, 0) is 16.4 Å². The van der Waals surface area contributed by atoms with Gasteiger partial charge in [0.25, 0.3) is 0 Å². The Morgan fingerprint density at radius 3 is 2.58 bits per heavy atom. The molecule has 0 aliphatic carbocycles. The van der Waals surface area contributed by atoms with Gasteiger partial charge < -0.3 is 0 Å². The summed E-state index contributed by atoms with van der Waals surface area (Å²) in [4.78, 5) is 2.86. The third kappa shape index (κ3) is 5.30. The fourth-order valence-corrected chi connectivity index (χ4v) is 2.68. The molecule has 0 spiro atoms. The molecule has 1 N–H and O–H groups in total. The van der Waals surface area contributed by atoms with Gasteiger partial charge in [0.05, 0.1) is 4.90 Å². The molecule has 0 unspecified atom stereocenters. The summed E-state index contributed by atoms with van der Waals surface area (Å²) >= 11 is 0. The zero-order valence-electron chi connectivity index (χ0n) is 10.9. The van der Waals surface area contributed by atoms with Crippen molar-refractivity contribution in [3.05, 3.63) is 40.3 Å². The van der Waals surface area contributed by atoms with Gasteiger partial charge in [0, 0.05) is 18.0 Å². The molecule has 7 heteroatoms. The number of hydrogen-bond donors (Lipinski definition) is 1. The average Bonchev–Trinajstić information content (AvgIpc) is 2.39. The molecule has 0 radical (unpaired) electrons. The van der Waals surface area contributed by atoms with E-state index in [1.807, 2.05) is 12.1 Å². The molecule has 6 nitrogen and oxygen atoms in total. The first kappa shape index (κ1) is 15.5. The molecule has 0 saturated heterocycles. The van der Waals surface area contributed by atoms with E-state index >= 15 is 0 Å². The van der Waals surface area contributed by atoms with Gasteiger partial charge >= 0.3 is 0 Å². The molecule has 0 fully saturated rings. The Balaban J connectivity index is 2.58. The van der Waals surface area contributed by atoms with Crippen molar-refractivity contribution in [2.75, 3.05) is 13.1 Å². The van der Waals surface area contributed by atoms with Gasteiger partial charge in [0.15, 0.2) is 0 Å². The fraction of sp³-hybridized carbons (Fsp3) is 0.500. The third-order valence-corrected chi connectivity index (χ3v) is 4.04. The summed E-state index contributed by atoms with van der Waals surface area (Å²) in [6, 6.07) is 6.89. The topological polar surface area (TPSA) is 94.9 Å². The van der Waals surface area contributed by atoms with E-state index in [1.54, 1.807) is 12.1 Å². The number of hydrogen-bond acceptors (Lipinski definition) is 3. The molecular formula is C12H18N4O2S. The Morgan fingerprint density at radius 1 is 1.32 bits per heavy atom. The number of benzene rings is 1. The normalized spacial score (nSPS) is 11.0. The molecule has 1 aromatic rings. The maximum Gasteiger partial charge on any atom is 0.240 e. The maximum atomic E-state index is 11.9. The van der Waals surface area contributed by atoms with Crippen LogP contribution in [0.2, 0.25) is 0 Å². The highest BCUT2D eigenvalue weighted by molar-refractivity contribution is 7.89. The summed E-state index contributed by atoms with van der Waals surface area (Å²) in [5, 5.41) is 3.34. The Bertz CT molecular complexity index is 533. The number of aryl methyl sites for hydroxylation is 1. The van der Waals surface area contributed by atoms with E-state index in [0.717, 1.165) is 18.4 Å². The van der Waals surface area contributed by atoms with Crippen molar-refractivity contribution >= 4 is 10.0 Å². The number of nitrogens with one attached hydrogen (secondary N) is 1. The lowest BCUT2D eigenvalue weighted by Gasteiger charge is -2.06. The van der Waals surface area contributed by atoms with Crippen LogP contribution < -0.4 is 4.72 Å². The van der Waals surface area contributed by atoms with Gasteiger partial charge in [-0.2, -0.15) is 0 Å². The first-order valence-electron chi connectivity index (χ1n) is 6.19. The van der Waals surface area contributed by atoms with Gasteiger partial charge in [-0.3, -0.25) is 0 Å². The van der Waals surface area contributed by atoms with Gasteiger partial charge in [-0.15, -0.1) is 0 Å². The first-order chi connectivity index (χ1) is 9.10. The van der Waals surface area contributed by atoms with E-state index < -0.39 is 10.0 Å². The molecule has 104 valence electrons. The monoisotopic (exact) mass is 282 g/mol.